The quantitative estimate of drug-likeness (QED) is 0.420. The number of fused-ring (bicyclic) bond motifs is 3. The lowest BCUT2D eigenvalue weighted by molar-refractivity contribution is -0.134. The summed E-state index contributed by atoms with van der Waals surface area (Å²) in [5.74, 6) is -3.03. The third kappa shape index (κ3) is 4.76. The molecule has 33 heavy (non-hydrogen) atoms. The summed E-state index contributed by atoms with van der Waals surface area (Å²) in [5, 5.41) is 16.4. The van der Waals surface area contributed by atoms with Crippen molar-refractivity contribution in [1.82, 2.24) is 19.4 Å². The van der Waals surface area contributed by atoms with Crippen LogP contribution in [0.3, 0.4) is 0 Å². The van der Waals surface area contributed by atoms with Crippen molar-refractivity contribution in [3.63, 3.8) is 0 Å². The lowest BCUT2D eigenvalue weighted by Gasteiger charge is -2.27. The molecule has 1 aromatic carbocycles. The second-order valence-corrected chi connectivity index (χ2v) is 7.41. The lowest BCUT2D eigenvalue weighted by atomic mass is 10.0. The van der Waals surface area contributed by atoms with Crippen molar-refractivity contribution in [1.29, 1.82) is 0 Å². The zero-order chi connectivity index (χ0) is 24.3. The van der Waals surface area contributed by atoms with Gasteiger partial charge in [0.2, 0.25) is 0 Å². The van der Waals surface area contributed by atoms with Gasteiger partial charge in [-0.15, -0.1) is 0 Å². The summed E-state index contributed by atoms with van der Waals surface area (Å²) in [6.45, 7) is 3.03. The van der Waals surface area contributed by atoms with Gasteiger partial charge >= 0.3 is 11.9 Å². The van der Waals surface area contributed by atoms with Crippen molar-refractivity contribution in [2.45, 2.75) is 19.9 Å². The predicted octanol–water partition coefficient (Wildman–Crippen LogP) is 1.22. The zero-order valence-electron chi connectivity index (χ0n) is 18.0. The van der Waals surface area contributed by atoms with E-state index in [2.05, 4.69) is 9.97 Å². The zero-order valence-corrected chi connectivity index (χ0v) is 18.0. The van der Waals surface area contributed by atoms with E-state index in [0.29, 0.717) is 36.4 Å². The average Bonchev–Trinajstić information content (AvgIpc) is 3.30. The van der Waals surface area contributed by atoms with E-state index >= 15 is 0 Å². The molecule has 0 bridgehead atoms. The molecule has 4 rings (SSSR count). The van der Waals surface area contributed by atoms with Crippen molar-refractivity contribution >= 4 is 34.7 Å². The van der Waals surface area contributed by atoms with Crippen LogP contribution in [0.25, 0.3) is 10.9 Å². The number of carbonyl (C=O) groups is 4. The first-order valence-corrected chi connectivity index (χ1v) is 9.94. The van der Waals surface area contributed by atoms with Crippen LogP contribution in [0.15, 0.2) is 36.7 Å². The molecule has 0 aliphatic carbocycles. The summed E-state index contributed by atoms with van der Waals surface area (Å²) >= 11 is 0. The number of amides is 2. The third-order valence-corrected chi connectivity index (χ3v) is 5.36. The van der Waals surface area contributed by atoms with Crippen LogP contribution in [-0.2, 0) is 29.6 Å². The molecule has 0 saturated heterocycles. The second-order valence-electron chi connectivity index (χ2n) is 7.41. The van der Waals surface area contributed by atoms with Crippen LogP contribution in [0.5, 0.6) is 0 Å². The van der Waals surface area contributed by atoms with Gasteiger partial charge in [0.1, 0.15) is 0 Å². The Labute approximate surface area is 188 Å². The molecule has 172 valence electrons. The Morgan fingerprint density at radius 3 is 2.42 bits per heavy atom. The van der Waals surface area contributed by atoms with Crippen molar-refractivity contribution in [2.24, 2.45) is 12.8 Å². The maximum Gasteiger partial charge on any atom is 0.328 e. The first-order chi connectivity index (χ1) is 15.6. The Balaban J connectivity index is 0.000000331. The number of hydrogen-bond acceptors (Lipinski definition) is 5. The van der Waals surface area contributed by atoms with Crippen LogP contribution >= 0.6 is 0 Å². The van der Waals surface area contributed by atoms with E-state index in [0.717, 1.165) is 34.4 Å². The van der Waals surface area contributed by atoms with E-state index in [9.17, 15) is 19.2 Å². The predicted molar refractivity (Wildman–Crippen MR) is 118 cm³/mol. The largest absolute Gasteiger partial charge is 0.478 e. The topological polar surface area (TPSA) is 172 Å². The molecule has 11 nitrogen and oxygen atoms in total. The van der Waals surface area contributed by atoms with E-state index in [1.807, 2.05) is 29.5 Å². The van der Waals surface area contributed by atoms with Crippen molar-refractivity contribution in [3.8, 4) is 0 Å². The second kappa shape index (κ2) is 9.39. The van der Waals surface area contributed by atoms with Gasteiger partial charge in [-0.1, -0.05) is 12.1 Å². The smallest absolute Gasteiger partial charge is 0.328 e. The molecule has 0 radical (unpaired) electrons. The number of carbonyl (C=O) groups excluding carboxylic acids is 2. The Bertz CT molecular complexity index is 1270. The van der Waals surface area contributed by atoms with E-state index in [4.69, 9.17) is 15.9 Å². The number of nitrogens with zero attached hydrogens (tertiary/aromatic N) is 3. The number of hydrogen-bond donors (Lipinski definition) is 4. The van der Waals surface area contributed by atoms with Crippen molar-refractivity contribution < 1.29 is 29.4 Å². The summed E-state index contributed by atoms with van der Waals surface area (Å²) in [4.78, 5) is 53.1. The molecular weight excluding hydrogens is 430 g/mol. The highest BCUT2D eigenvalue weighted by Gasteiger charge is 2.31. The van der Waals surface area contributed by atoms with Gasteiger partial charge in [0, 0.05) is 48.9 Å². The maximum atomic E-state index is 13.1. The number of aromatic amines is 1. The lowest BCUT2D eigenvalue weighted by Crippen LogP contribution is -2.37. The van der Waals surface area contributed by atoms with Gasteiger partial charge in [0.15, 0.2) is 0 Å². The molecule has 0 atom stereocenters. The van der Waals surface area contributed by atoms with Crippen LogP contribution in [0, 0.1) is 6.92 Å². The van der Waals surface area contributed by atoms with Crippen molar-refractivity contribution in [3.05, 3.63) is 64.9 Å². The van der Waals surface area contributed by atoms with Crippen LogP contribution in [0.2, 0.25) is 0 Å². The number of benzene rings is 1. The fraction of sp³-hybridized carbons (Fsp3) is 0.227. The van der Waals surface area contributed by atoms with E-state index < -0.39 is 17.8 Å². The van der Waals surface area contributed by atoms with Crippen LogP contribution in [0.1, 0.15) is 37.8 Å². The van der Waals surface area contributed by atoms with Crippen LogP contribution in [-0.4, -0.2) is 59.9 Å². The molecule has 2 aromatic heterocycles. The fourth-order valence-electron chi connectivity index (χ4n) is 3.82. The number of aromatic nitrogens is 3. The molecule has 5 N–H and O–H groups in total. The molecular formula is C22H23N5O6. The monoisotopic (exact) mass is 453 g/mol. The highest BCUT2D eigenvalue weighted by Crippen LogP contribution is 2.32. The molecule has 3 aromatic rings. The Hall–Kier alpha value is -4.41. The maximum absolute atomic E-state index is 13.1. The summed E-state index contributed by atoms with van der Waals surface area (Å²) in [6, 6.07) is 5.35. The number of nitrogens with one attached hydrogen (secondary N) is 1. The number of rotatable bonds is 5. The fourth-order valence-corrected chi connectivity index (χ4v) is 3.82. The van der Waals surface area contributed by atoms with Gasteiger partial charge in [-0.2, -0.15) is 0 Å². The molecule has 1 aliphatic heterocycles. The normalized spacial score (nSPS) is 13.0. The molecule has 11 heteroatoms. The number of carboxylic acid groups (broad SMARTS) is 2. The van der Waals surface area contributed by atoms with Crippen LogP contribution in [0.4, 0.5) is 0 Å². The number of primary amides is 1. The highest BCUT2D eigenvalue weighted by molar-refractivity contribution is 6.14. The standard InChI is InChI=1S/C18H19N5O2.C4H4O4/c1-10-13(21-9-20-10)8-23-7-6-14-15(18(23)25)11-4-3-5-12(17(19)24)16(11)22(14)2;5-3(6)1-2-4(7)8/h3-5,9H,6-8H2,1-2H3,(H2,19,24)(H,20,21);1-2H,(H,5,6)(H,7,8)/b;2-1-. The Morgan fingerprint density at radius 1 is 1.21 bits per heavy atom. The van der Waals surface area contributed by atoms with E-state index in [-0.39, 0.29) is 5.91 Å². The molecule has 0 fully saturated rings. The van der Waals surface area contributed by atoms with E-state index in [1.54, 1.807) is 18.5 Å². The first kappa shape index (κ1) is 23.3. The van der Waals surface area contributed by atoms with Gasteiger partial charge in [-0.3, -0.25) is 9.59 Å². The number of para-hydroxylation sites is 1. The Kier molecular flexibility index (Phi) is 6.61. The minimum atomic E-state index is -1.26. The van der Waals surface area contributed by atoms with Gasteiger partial charge < -0.3 is 30.4 Å². The number of aryl methyl sites for hydroxylation is 2. The summed E-state index contributed by atoms with van der Waals surface area (Å²) in [6.07, 6.45) is 3.49. The highest BCUT2D eigenvalue weighted by atomic mass is 16.4. The van der Waals surface area contributed by atoms with Crippen LogP contribution < -0.4 is 5.73 Å². The third-order valence-electron chi connectivity index (χ3n) is 5.36. The minimum absolute atomic E-state index is 0.0316. The molecule has 0 unspecified atom stereocenters. The average molecular weight is 453 g/mol. The molecule has 0 spiro atoms. The van der Waals surface area contributed by atoms with Gasteiger partial charge in [-0.05, 0) is 13.0 Å². The number of H-pyrrole nitrogens is 1. The summed E-state index contributed by atoms with van der Waals surface area (Å²) < 4.78 is 1.93. The Morgan fingerprint density at radius 2 is 1.88 bits per heavy atom. The van der Waals surface area contributed by atoms with Crippen molar-refractivity contribution in [2.75, 3.05) is 6.54 Å². The number of aliphatic carboxylic acids is 2. The minimum Gasteiger partial charge on any atom is -0.478 e. The molecule has 1 aliphatic rings. The molecule has 2 amide bonds. The van der Waals surface area contributed by atoms with E-state index in [1.165, 1.54) is 0 Å². The number of imidazole rings is 1. The summed E-state index contributed by atoms with van der Waals surface area (Å²) in [5.41, 5.74) is 10.1. The number of carboxylic acids is 2. The summed E-state index contributed by atoms with van der Waals surface area (Å²) in [7, 11) is 1.88. The molecule has 3 heterocycles. The van der Waals surface area contributed by atoms with Gasteiger partial charge in [0.25, 0.3) is 11.8 Å². The first-order valence-electron chi connectivity index (χ1n) is 9.94. The SMILES string of the molecule is Cc1[nH]cnc1CN1CCc2c(c3cccc(C(N)=O)c3n2C)C1=O.O=C(O)/C=C\C(=O)O. The molecule has 0 saturated carbocycles. The van der Waals surface area contributed by atoms with Gasteiger partial charge in [-0.25, -0.2) is 14.6 Å². The number of nitrogens with two attached hydrogens (primary N) is 1. The van der Waals surface area contributed by atoms with Gasteiger partial charge in [0.05, 0.1) is 35.2 Å².